The van der Waals surface area contributed by atoms with E-state index in [1.165, 1.54) is 0 Å². The number of hydrogen-bond acceptors (Lipinski definition) is 3. The van der Waals surface area contributed by atoms with Crippen LogP contribution < -0.4 is 5.32 Å². The van der Waals surface area contributed by atoms with Gasteiger partial charge in [-0.1, -0.05) is 0 Å². The van der Waals surface area contributed by atoms with Gasteiger partial charge in [0, 0.05) is 25.6 Å². The first-order chi connectivity index (χ1) is 11.3. The van der Waals surface area contributed by atoms with Crippen LogP contribution in [0.3, 0.4) is 0 Å². The summed E-state index contributed by atoms with van der Waals surface area (Å²) in [5.41, 5.74) is 0. The lowest BCUT2D eigenvalue weighted by molar-refractivity contribution is -0.165. The highest BCUT2D eigenvalue weighted by Gasteiger charge is 2.37. The van der Waals surface area contributed by atoms with Crippen molar-refractivity contribution in [3.8, 4) is 0 Å². The van der Waals surface area contributed by atoms with Crippen molar-refractivity contribution in [2.75, 3.05) is 39.3 Å². The van der Waals surface area contributed by atoms with Crippen LogP contribution in [-0.4, -0.2) is 67.1 Å². The Hall–Kier alpha value is -1.02. The number of carbonyl (C=O) groups is 2. The van der Waals surface area contributed by atoms with Gasteiger partial charge >= 0.3 is 6.18 Å². The van der Waals surface area contributed by atoms with Gasteiger partial charge < -0.3 is 15.1 Å². The lowest BCUT2D eigenvalue weighted by Crippen LogP contribution is -2.50. The molecule has 0 radical (unpaired) electrons. The molecule has 146 valence electrons. The van der Waals surface area contributed by atoms with E-state index >= 15 is 0 Å². The minimum atomic E-state index is -4.40. The number of alkyl halides is 3. The summed E-state index contributed by atoms with van der Waals surface area (Å²) < 4.78 is 37.8. The molecule has 9 heteroatoms. The van der Waals surface area contributed by atoms with Crippen LogP contribution in [0.15, 0.2) is 0 Å². The van der Waals surface area contributed by atoms with E-state index < -0.39 is 24.5 Å². The van der Waals surface area contributed by atoms with Crippen molar-refractivity contribution in [3.63, 3.8) is 0 Å². The molecule has 2 rings (SSSR count). The molecule has 1 atom stereocenters. The number of amides is 2. The normalized spacial score (nSPS) is 22.2. The number of carbonyl (C=O) groups excluding carboxylic acids is 2. The van der Waals surface area contributed by atoms with E-state index in [9.17, 15) is 22.8 Å². The second kappa shape index (κ2) is 9.62. The largest absolute Gasteiger partial charge is 0.406 e. The molecule has 0 aromatic rings. The predicted octanol–water partition coefficient (Wildman–Crippen LogP) is 2.06. The highest BCUT2D eigenvalue weighted by molar-refractivity contribution is 5.85. The first-order valence-electron chi connectivity index (χ1n) is 8.67. The quantitative estimate of drug-likeness (QED) is 0.806. The zero-order valence-electron chi connectivity index (χ0n) is 14.5. The second-order valence-corrected chi connectivity index (χ2v) is 6.62. The standard InChI is InChI=1S/C16H26F3N3O2.ClH/c1-2-21(11-16(17,18)19)15(24)13-4-3-9-22(10-13)14(23)12-5-7-20-8-6-12;/h12-13,20H,2-11H2,1H3;1H. The summed E-state index contributed by atoms with van der Waals surface area (Å²) in [7, 11) is 0. The van der Waals surface area contributed by atoms with Crippen molar-refractivity contribution in [3.05, 3.63) is 0 Å². The van der Waals surface area contributed by atoms with Crippen LogP contribution >= 0.6 is 12.4 Å². The third-order valence-electron chi connectivity index (χ3n) is 4.83. The third-order valence-corrected chi connectivity index (χ3v) is 4.83. The van der Waals surface area contributed by atoms with Crippen LogP contribution in [0.25, 0.3) is 0 Å². The molecule has 25 heavy (non-hydrogen) atoms. The summed E-state index contributed by atoms with van der Waals surface area (Å²) in [6, 6.07) is 0. The second-order valence-electron chi connectivity index (χ2n) is 6.62. The molecule has 5 nitrogen and oxygen atoms in total. The molecule has 1 unspecified atom stereocenters. The zero-order chi connectivity index (χ0) is 17.7. The van der Waals surface area contributed by atoms with Gasteiger partial charge in [-0.05, 0) is 45.7 Å². The summed E-state index contributed by atoms with van der Waals surface area (Å²) >= 11 is 0. The zero-order valence-corrected chi connectivity index (χ0v) is 15.3. The van der Waals surface area contributed by atoms with E-state index in [2.05, 4.69) is 5.32 Å². The molecule has 2 saturated heterocycles. The molecule has 0 bridgehead atoms. The Balaban J connectivity index is 0.00000312. The molecule has 2 aliphatic rings. The number of nitrogens with one attached hydrogen (secondary N) is 1. The fraction of sp³-hybridized carbons (Fsp3) is 0.875. The highest BCUT2D eigenvalue weighted by atomic mass is 35.5. The van der Waals surface area contributed by atoms with E-state index in [0.717, 1.165) is 30.8 Å². The van der Waals surface area contributed by atoms with Crippen LogP contribution in [0.5, 0.6) is 0 Å². The molecular formula is C16H27ClF3N3O2. The molecule has 1 N–H and O–H groups in total. The smallest absolute Gasteiger partial charge is 0.342 e. The maximum Gasteiger partial charge on any atom is 0.406 e. The van der Waals surface area contributed by atoms with Crippen molar-refractivity contribution < 1.29 is 22.8 Å². The topological polar surface area (TPSA) is 52.7 Å². The molecule has 0 aliphatic carbocycles. The van der Waals surface area contributed by atoms with Crippen LogP contribution in [0.1, 0.15) is 32.6 Å². The van der Waals surface area contributed by atoms with E-state index in [0.29, 0.717) is 19.4 Å². The van der Waals surface area contributed by atoms with Crippen molar-refractivity contribution in [1.29, 1.82) is 0 Å². The molecule has 2 amide bonds. The molecule has 0 aromatic heterocycles. The maximum atomic E-state index is 12.6. The summed E-state index contributed by atoms with van der Waals surface area (Å²) in [6.45, 7) is 2.81. The Morgan fingerprint density at radius 2 is 1.80 bits per heavy atom. The van der Waals surface area contributed by atoms with Crippen molar-refractivity contribution in [1.82, 2.24) is 15.1 Å². The Bertz CT molecular complexity index is 456. The minimum absolute atomic E-state index is 0. The van der Waals surface area contributed by atoms with E-state index in [-0.39, 0.29) is 37.3 Å². The van der Waals surface area contributed by atoms with E-state index in [1.807, 2.05) is 0 Å². The van der Waals surface area contributed by atoms with Crippen LogP contribution in [0.4, 0.5) is 13.2 Å². The number of nitrogens with zero attached hydrogens (tertiary/aromatic N) is 2. The fourth-order valence-corrected chi connectivity index (χ4v) is 3.53. The number of likely N-dealkylation sites (tertiary alicyclic amines) is 1. The summed E-state index contributed by atoms with van der Waals surface area (Å²) in [4.78, 5) is 27.5. The molecular weight excluding hydrogens is 359 g/mol. The Kier molecular flexibility index (Phi) is 8.47. The summed E-state index contributed by atoms with van der Waals surface area (Å²) in [5, 5.41) is 3.21. The molecule has 0 aromatic carbocycles. The highest BCUT2D eigenvalue weighted by Crippen LogP contribution is 2.25. The number of hydrogen-bond donors (Lipinski definition) is 1. The molecule has 2 heterocycles. The van der Waals surface area contributed by atoms with Gasteiger partial charge in [0.25, 0.3) is 0 Å². The molecule has 0 saturated carbocycles. The van der Waals surface area contributed by atoms with Crippen LogP contribution in [0.2, 0.25) is 0 Å². The number of rotatable bonds is 4. The van der Waals surface area contributed by atoms with Gasteiger partial charge in [-0.25, -0.2) is 0 Å². The Morgan fingerprint density at radius 3 is 2.36 bits per heavy atom. The number of piperidine rings is 2. The molecule has 2 aliphatic heterocycles. The monoisotopic (exact) mass is 385 g/mol. The van der Waals surface area contributed by atoms with Gasteiger partial charge in [-0.3, -0.25) is 9.59 Å². The average molecular weight is 386 g/mol. The van der Waals surface area contributed by atoms with Crippen LogP contribution in [-0.2, 0) is 9.59 Å². The third kappa shape index (κ3) is 6.33. The fourth-order valence-electron chi connectivity index (χ4n) is 3.53. The van der Waals surface area contributed by atoms with Crippen molar-refractivity contribution >= 4 is 24.2 Å². The maximum absolute atomic E-state index is 12.6. The van der Waals surface area contributed by atoms with Gasteiger partial charge in [-0.2, -0.15) is 13.2 Å². The lowest BCUT2D eigenvalue weighted by Gasteiger charge is -2.37. The molecule has 0 spiro atoms. The van der Waals surface area contributed by atoms with E-state index in [4.69, 9.17) is 0 Å². The Labute approximate surface area is 152 Å². The summed E-state index contributed by atoms with van der Waals surface area (Å²) in [5.74, 6) is -0.991. The average Bonchev–Trinajstić information content (AvgIpc) is 2.58. The van der Waals surface area contributed by atoms with E-state index in [1.54, 1.807) is 11.8 Å². The number of halogens is 4. The predicted molar refractivity (Wildman–Crippen MR) is 90.5 cm³/mol. The minimum Gasteiger partial charge on any atom is -0.342 e. The molecule has 2 fully saturated rings. The Morgan fingerprint density at radius 1 is 1.16 bits per heavy atom. The van der Waals surface area contributed by atoms with Crippen LogP contribution in [0, 0.1) is 11.8 Å². The van der Waals surface area contributed by atoms with Gasteiger partial charge in [0.05, 0.1) is 5.92 Å². The van der Waals surface area contributed by atoms with Gasteiger partial charge in [0.2, 0.25) is 11.8 Å². The van der Waals surface area contributed by atoms with Gasteiger partial charge in [-0.15, -0.1) is 12.4 Å². The van der Waals surface area contributed by atoms with Gasteiger partial charge in [0.15, 0.2) is 0 Å². The summed E-state index contributed by atoms with van der Waals surface area (Å²) in [6.07, 6.45) is -1.63. The van der Waals surface area contributed by atoms with Crippen molar-refractivity contribution in [2.45, 2.75) is 38.8 Å². The van der Waals surface area contributed by atoms with Crippen molar-refractivity contribution in [2.24, 2.45) is 11.8 Å². The SMILES string of the molecule is CCN(CC(F)(F)F)C(=O)C1CCCN(C(=O)C2CCNCC2)C1.Cl. The first kappa shape index (κ1) is 22.0. The first-order valence-corrected chi connectivity index (χ1v) is 8.67. The van der Waals surface area contributed by atoms with Gasteiger partial charge in [0.1, 0.15) is 6.54 Å². The lowest BCUT2D eigenvalue weighted by atomic mass is 9.92.